The minimum atomic E-state index is -0.400. The van der Waals surface area contributed by atoms with E-state index in [1.165, 1.54) is 6.07 Å². The minimum absolute atomic E-state index is 0.0340. The second-order valence-electron chi connectivity index (χ2n) is 6.55. The largest absolute Gasteiger partial charge is 0.376 e. The van der Waals surface area contributed by atoms with E-state index in [-0.39, 0.29) is 18.2 Å². The number of carbonyl (C=O) groups excluding carboxylic acids is 1. The number of ether oxygens (including phenoxy) is 1. The number of piperidine rings is 1. The van der Waals surface area contributed by atoms with Gasteiger partial charge in [0.1, 0.15) is 5.82 Å². The van der Waals surface area contributed by atoms with Gasteiger partial charge in [0.15, 0.2) is 0 Å². The molecule has 1 aromatic carbocycles. The third-order valence-corrected chi connectivity index (χ3v) is 4.69. The smallest absolute Gasteiger partial charge is 0.315 e. The number of carbonyl (C=O) groups is 1. The zero-order chi connectivity index (χ0) is 17.6. The van der Waals surface area contributed by atoms with Crippen LogP contribution in [0.4, 0.5) is 14.9 Å². The molecular formula is C18H23FN4O2. The van der Waals surface area contributed by atoms with Gasteiger partial charge in [-0.25, -0.2) is 9.18 Å². The Hall–Kier alpha value is -2.33. The van der Waals surface area contributed by atoms with Gasteiger partial charge in [0.05, 0.1) is 23.4 Å². The Kier molecular flexibility index (Phi) is 5.71. The van der Waals surface area contributed by atoms with Crippen molar-refractivity contribution in [1.29, 1.82) is 5.26 Å². The number of amides is 2. The number of urea groups is 1. The van der Waals surface area contributed by atoms with Crippen LogP contribution in [0.5, 0.6) is 0 Å². The van der Waals surface area contributed by atoms with Crippen molar-refractivity contribution in [3.05, 3.63) is 29.6 Å². The van der Waals surface area contributed by atoms with E-state index < -0.39 is 5.82 Å². The van der Waals surface area contributed by atoms with Crippen LogP contribution >= 0.6 is 0 Å². The van der Waals surface area contributed by atoms with Gasteiger partial charge >= 0.3 is 6.03 Å². The summed E-state index contributed by atoms with van der Waals surface area (Å²) < 4.78 is 19.7. The van der Waals surface area contributed by atoms with Crippen molar-refractivity contribution in [2.45, 2.75) is 37.8 Å². The molecule has 2 saturated heterocycles. The Balaban J connectivity index is 1.52. The van der Waals surface area contributed by atoms with Gasteiger partial charge in [-0.05, 0) is 43.9 Å². The summed E-state index contributed by atoms with van der Waals surface area (Å²) in [5.41, 5.74) is 0.784. The molecule has 0 unspecified atom stereocenters. The minimum Gasteiger partial charge on any atom is -0.376 e. The van der Waals surface area contributed by atoms with E-state index in [4.69, 9.17) is 10.00 Å². The number of nitriles is 1. The summed E-state index contributed by atoms with van der Waals surface area (Å²) in [4.78, 5) is 14.0. The van der Waals surface area contributed by atoms with Gasteiger partial charge in [-0.15, -0.1) is 0 Å². The molecule has 2 heterocycles. The number of rotatable bonds is 4. The molecule has 2 N–H and O–H groups in total. The first-order valence-corrected chi connectivity index (χ1v) is 8.76. The van der Waals surface area contributed by atoms with Crippen LogP contribution in [0, 0.1) is 17.1 Å². The highest BCUT2D eigenvalue weighted by atomic mass is 19.1. The Morgan fingerprint density at radius 3 is 3.00 bits per heavy atom. The predicted octanol–water partition coefficient (Wildman–Crippen LogP) is 2.14. The first kappa shape index (κ1) is 17.5. The van der Waals surface area contributed by atoms with Crippen molar-refractivity contribution >= 4 is 11.7 Å². The van der Waals surface area contributed by atoms with E-state index in [0.717, 1.165) is 38.8 Å². The van der Waals surface area contributed by atoms with Crippen molar-refractivity contribution in [2.75, 3.05) is 31.1 Å². The lowest BCUT2D eigenvalue weighted by molar-refractivity contribution is 0.111. The van der Waals surface area contributed by atoms with Gasteiger partial charge in [-0.3, -0.25) is 0 Å². The lowest BCUT2D eigenvalue weighted by Gasteiger charge is -2.35. The fraction of sp³-hybridized carbons (Fsp3) is 0.556. The van der Waals surface area contributed by atoms with Crippen molar-refractivity contribution in [2.24, 2.45) is 0 Å². The van der Waals surface area contributed by atoms with Crippen LogP contribution in [-0.2, 0) is 4.74 Å². The Labute approximate surface area is 146 Å². The molecule has 7 heteroatoms. The quantitative estimate of drug-likeness (QED) is 0.876. The summed E-state index contributed by atoms with van der Waals surface area (Å²) >= 11 is 0. The van der Waals surface area contributed by atoms with E-state index in [1.54, 1.807) is 12.1 Å². The first-order valence-electron chi connectivity index (χ1n) is 8.76. The van der Waals surface area contributed by atoms with Crippen molar-refractivity contribution < 1.29 is 13.9 Å². The van der Waals surface area contributed by atoms with Crippen LogP contribution in [0.15, 0.2) is 18.2 Å². The monoisotopic (exact) mass is 346 g/mol. The van der Waals surface area contributed by atoms with Gasteiger partial charge in [0, 0.05) is 32.3 Å². The number of nitrogens with one attached hydrogen (secondary N) is 2. The highest BCUT2D eigenvalue weighted by molar-refractivity contribution is 5.74. The molecule has 3 rings (SSSR count). The second kappa shape index (κ2) is 8.17. The Morgan fingerprint density at radius 2 is 2.28 bits per heavy atom. The van der Waals surface area contributed by atoms with Gasteiger partial charge in [0.25, 0.3) is 0 Å². The molecule has 2 aliphatic heterocycles. The second-order valence-corrected chi connectivity index (χ2v) is 6.55. The fourth-order valence-electron chi connectivity index (χ4n) is 3.39. The van der Waals surface area contributed by atoms with Crippen LogP contribution < -0.4 is 15.5 Å². The number of nitrogens with zero attached hydrogens (tertiary/aromatic N) is 2. The molecule has 2 amide bonds. The molecule has 6 nitrogen and oxygen atoms in total. The number of benzene rings is 1. The van der Waals surface area contributed by atoms with Gasteiger partial charge in [-0.2, -0.15) is 5.26 Å². The summed E-state index contributed by atoms with van der Waals surface area (Å²) in [5, 5.41) is 14.7. The summed E-state index contributed by atoms with van der Waals surface area (Å²) in [5.74, 6) is -0.400. The molecule has 0 saturated carbocycles. The molecule has 0 radical (unpaired) electrons. The average molecular weight is 346 g/mol. The van der Waals surface area contributed by atoms with Crippen LogP contribution in [0.25, 0.3) is 0 Å². The van der Waals surface area contributed by atoms with Crippen molar-refractivity contribution in [1.82, 2.24) is 10.6 Å². The molecule has 0 aliphatic carbocycles. The molecule has 1 aromatic rings. The highest BCUT2D eigenvalue weighted by Crippen LogP contribution is 2.24. The topological polar surface area (TPSA) is 77.4 Å². The zero-order valence-electron chi connectivity index (χ0n) is 14.1. The van der Waals surface area contributed by atoms with E-state index >= 15 is 0 Å². The number of halogens is 1. The fourth-order valence-corrected chi connectivity index (χ4v) is 3.39. The Morgan fingerprint density at radius 1 is 1.40 bits per heavy atom. The molecule has 0 aromatic heterocycles. The number of hydrogen-bond donors (Lipinski definition) is 2. The van der Waals surface area contributed by atoms with Crippen LogP contribution in [0.3, 0.4) is 0 Å². The number of hydrogen-bond acceptors (Lipinski definition) is 4. The SMILES string of the molecule is N#Cc1ccc(N2CCC[C@@H](NC(=O)NC[C@H]3CCCO3)C2)c(F)c1. The molecule has 2 atom stereocenters. The standard InChI is InChI=1S/C18H23FN4O2/c19-16-9-13(10-20)5-6-17(16)23-7-1-3-14(12-23)22-18(24)21-11-15-4-2-8-25-15/h5-6,9,14-15H,1-4,7-8,11-12H2,(H2,21,22,24)/t14-,15-/m1/s1. The average Bonchev–Trinajstić information content (AvgIpc) is 3.13. The maximum Gasteiger partial charge on any atom is 0.315 e. The van der Waals surface area contributed by atoms with E-state index in [9.17, 15) is 9.18 Å². The molecule has 134 valence electrons. The lowest BCUT2D eigenvalue weighted by Crippen LogP contribution is -2.51. The number of anilines is 1. The maximum atomic E-state index is 14.2. The highest BCUT2D eigenvalue weighted by Gasteiger charge is 2.24. The van der Waals surface area contributed by atoms with Crippen molar-refractivity contribution in [3.8, 4) is 6.07 Å². The summed E-state index contributed by atoms with van der Waals surface area (Å²) in [7, 11) is 0. The van der Waals surface area contributed by atoms with E-state index in [1.807, 2.05) is 11.0 Å². The third kappa shape index (κ3) is 4.60. The van der Waals surface area contributed by atoms with Crippen LogP contribution in [0.1, 0.15) is 31.2 Å². The summed E-state index contributed by atoms with van der Waals surface area (Å²) in [6.45, 7) is 2.57. The molecule has 2 fully saturated rings. The summed E-state index contributed by atoms with van der Waals surface area (Å²) in [6.07, 6.45) is 3.87. The van der Waals surface area contributed by atoms with E-state index in [0.29, 0.717) is 24.3 Å². The molecule has 0 spiro atoms. The van der Waals surface area contributed by atoms with Gasteiger partial charge < -0.3 is 20.3 Å². The first-order chi connectivity index (χ1) is 12.2. The lowest BCUT2D eigenvalue weighted by atomic mass is 10.0. The summed E-state index contributed by atoms with van der Waals surface area (Å²) in [6, 6.07) is 6.19. The normalized spacial score (nSPS) is 23.1. The molecule has 2 aliphatic rings. The molecule has 0 bridgehead atoms. The predicted molar refractivity (Wildman–Crippen MR) is 91.9 cm³/mol. The van der Waals surface area contributed by atoms with Crippen molar-refractivity contribution in [3.63, 3.8) is 0 Å². The Bertz CT molecular complexity index is 655. The van der Waals surface area contributed by atoms with Gasteiger partial charge in [0.2, 0.25) is 0 Å². The third-order valence-electron chi connectivity index (χ3n) is 4.69. The maximum absolute atomic E-state index is 14.2. The van der Waals surface area contributed by atoms with Gasteiger partial charge in [-0.1, -0.05) is 0 Å². The zero-order valence-corrected chi connectivity index (χ0v) is 14.1. The molecular weight excluding hydrogens is 323 g/mol. The molecule has 25 heavy (non-hydrogen) atoms. The van der Waals surface area contributed by atoms with Crippen LogP contribution in [-0.4, -0.2) is 44.4 Å². The van der Waals surface area contributed by atoms with Crippen LogP contribution in [0.2, 0.25) is 0 Å². The van der Waals surface area contributed by atoms with E-state index in [2.05, 4.69) is 10.6 Å².